The van der Waals surface area contributed by atoms with E-state index in [4.69, 9.17) is 22.6 Å². The molecule has 0 unspecified atom stereocenters. The highest BCUT2D eigenvalue weighted by atomic mass is 35.5. The van der Waals surface area contributed by atoms with Crippen LogP contribution in [0.4, 0.5) is 0 Å². The zero-order valence-corrected chi connectivity index (χ0v) is 7.52. The summed E-state index contributed by atoms with van der Waals surface area (Å²) in [6.07, 6.45) is 0. The molecule has 3 heteroatoms. The Labute approximate surface area is 76.6 Å². The molecule has 0 amide bonds. The largest absolute Gasteiger partial charge is 0.326 e. The fourth-order valence-corrected chi connectivity index (χ4v) is 1.21. The second kappa shape index (κ2) is 3.57. The maximum Gasteiger partial charge on any atom is 0.0995 e. The number of nitrogens with zero attached hydrogens (tertiary/aromatic N) is 1. The molecule has 2 nitrogen and oxygen atoms in total. The molecular formula is C9H9ClN2. The average Bonchev–Trinajstić information content (AvgIpc) is 2.09. The van der Waals surface area contributed by atoms with E-state index in [2.05, 4.69) is 6.07 Å². The minimum Gasteiger partial charge on any atom is -0.326 e. The number of hydrogen-bond donors (Lipinski definition) is 1. The van der Waals surface area contributed by atoms with Crippen LogP contribution in [0.1, 0.15) is 16.7 Å². The fraction of sp³-hybridized carbons (Fsp3) is 0.222. The third-order valence-corrected chi connectivity index (χ3v) is 2.15. The molecule has 0 heterocycles. The number of rotatable bonds is 1. The molecular weight excluding hydrogens is 172 g/mol. The number of nitriles is 1. The lowest BCUT2D eigenvalue weighted by Crippen LogP contribution is -1.98. The first kappa shape index (κ1) is 9.05. The van der Waals surface area contributed by atoms with Crippen molar-refractivity contribution in [1.29, 1.82) is 5.26 Å². The molecule has 1 aromatic carbocycles. The summed E-state index contributed by atoms with van der Waals surface area (Å²) >= 11 is 5.87. The molecule has 0 aliphatic carbocycles. The van der Waals surface area contributed by atoms with Crippen LogP contribution in [-0.4, -0.2) is 0 Å². The monoisotopic (exact) mass is 180 g/mol. The van der Waals surface area contributed by atoms with Crippen LogP contribution < -0.4 is 5.73 Å². The normalized spacial score (nSPS) is 9.50. The Morgan fingerprint density at radius 2 is 2.25 bits per heavy atom. The predicted octanol–water partition coefficient (Wildman–Crippen LogP) is 1.98. The molecule has 0 saturated carbocycles. The van der Waals surface area contributed by atoms with Gasteiger partial charge in [0.05, 0.1) is 11.6 Å². The van der Waals surface area contributed by atoms with Gasteiger partial charge in [-0.25, -0.2) is 0 Å². The highest BCUT2D eigenvalue weighted by molar-refractivity contribution is 6.31. The van der Waals surface area contributed by atoms with Gasteiger partial charge in [-0.15, -0.1) is 0 Å². The zero-order chi connectivity index (χ0) is 9.14. The van der Waals surface area contributed by atoms with Gasteiger partial charge in [-0.05, 0) is 30.2 Å². The molecule has 0 aromatic heterocycles. The molecule has 0 atom stereocenters. The molecule has 0 aliphatic rings. The predicted molar refractivity (Wildman–Crippen MR) is 48.8 cm³/mol. The van der Waals surface area contributed by atoms with E-state index in [-0.39, 0.29) is 0 Å². The first-order valence-corrected chi connectivity index (χ1v) is 3.96. The van der Waals surface area contributed by atoms with Crippen molar-refractivity contribution in [2.24, 2.45) is 5.73 Å². The van der Waals surface area contributed by atoms with E-state index in [1.165, 1.54) is 0 Å². The molecule has 2 N–H and O–H groups in total. The van der Waals surface area contributed by atoms with E-state index in [9.17, 15) is 0 Å². The molecule has 1 rings (SSSR count). The number of halogens is 1. The molecule has 0 radical (unpaired) electrons. The molecule has 12 heavy (non-hydrogen) atoms. The Hall–Kier alpha value is -1.04. The van der Waals surface area contributed by atoms with Gasteiger partial charge in [0.15, 0.2) is 0 Å². The van der Waals surface area contributed by atoms with Crippen LogP contribution in [0.5, 0.6) is 0 Å². The third kappa shape index (κ3) is 1.58. The van der Waals surface area contributed by atoms with E-state index in [0.29, 0.717) is 17.1 Å². The first-order valence-electron chi connectivity index (χ1n) is 3.58. The maximum absolute atomic E-state index is 8.71. The van der Waals surface area contributed by atoms with Crippen LogP contribution in [0.3, 0.4) is 0 Å². The van der Waals surface area contributed by atoms with Crippen molar-refractivity contribution >= 4 is 11.6 Å². The molecule has 62 valence electrons. The van der Waals surface area contributed by atoms with Gasteiger partial charge < -0.3 is 5.73 Å². The van der Waals surface area contributed by atoms with Crippen LogP contribution >= 0.6 is 11.6 Å². The summed E-state index contributed by atoms with van der Waals surface area (Å²) in [5, 5.41) is 9.32. The van der Waals surface area contributed by atoms with Crippen molar-refractivity contribution in [3.05, 3.63) is 33.8 Å². The Kier molecular flexibility index (Phi) is 2.69. The summed E-state index contributed by atoms with van der Waals surface area (Å²) < 4.78 is 0. The lowest BCUT2D eigenvalue weighted by Gasteiger charge is -2.03. The molecule has 0 saturated heterocycles. The summed E-state index contributed by atoms with van der Waals surface area (Å²) in [5.41, 5.74) is 7.73. The Bertz CT molecular complexity index is 339. The molecule has 0 fully saturated rings. The van der Waals surface area contributed by atoms with Crippen LogP contribution in [0.2, 0.25) is 5.02 Å². The van der Waals surface area contributed by atoms with Gasteiger partial charge in [0.25, 0.3) is 0 Å². The van der Waals surface area contributed by atoms with Crippen molar-refractivity contribution in [2.45, 2.75) is 13.5 Å². The summed E-state index contributed by atoms with van der Waals surface area (Å²) in [6, 6.07) is 5.63. The van der Waals surface area contributed by atoms with E-state index >= 15 is 0 Å². The van der Waals surface area contributed by atoms with Crippen molar-refractivity contribution in [3.8, 4) is 6.07 Å². The SMILES string of the molecule is Cc1c(Cl)cc(CN)cc1C#N. The first-order chi connectivity index (χ1) is 5.69. The van der Waals surface area contributed by atoms with E-state index in [1.54, 1.807) is 12.1 Å². The van der Waals surface area contributed by atoms with E-state index in [1.807, 2.05) is 6.92 Å². The number of hydrogen-bond acceptors (Lipinski definition) is 2. The average molecular weight is 181 g/mol. The van der Waals surface area contributed by atoms with Gasteiger partial charge in [0.2, 0.25) is 0 Å². The van der Waals surface area contributed by atoms with E-state index in [0.717, 1.165) is 11.1 Å². The summed E-state index contributed by atoms with van der Waals surface area (Å²) in [6.45, 7) is 2.23. The fourth-order valence-electron chi connectivity index (χ4n) is 0.969. The minimum atomic E-state index is 0.411. The highest BCUT2D eigenvalue weighted by Crippen LogP contribution is 2.20. The summed E-state index contributed by atoms with van der Waals surface area (Å²) in [7, 11) is 0. The van der Waals surface area contributed by atoms with Crippen molar-refractivity contribution in [1.82, 2.24) is 0 Å². The number of benzene rings is 1. The maximum atomic E-state index is 8.71. The number of nitrogens with two attached hydrogens (primary N) is 1. The van der Waals surface area contributed by atoms with Gasteiger partial charge in [0, 0.05) is 11.6 Å². The molecule has 1 aromatic rings. The molecule has 0 aliphatic heterocycles. The van der Waals surface area contributed by atoms with Gasteiger partial charge in [0.1, 0.15) is 0 Å². The van der Waals surface area contributed by atoms with Gasteiger partial charge in [-0.1, -0.05) is 11.6 Å². The summed E-state index contributed by atoms with van der Waals surface area (Å²) in [5.74, 6) is 0. The highest BCUT2D eigenvalue weighted by Gasteiger charge is 2.03. The van der Waals surface area contributed by atoms with Crippen LogP contribution in [0.25, 0.3) is 0 Å². The molecule has 0 spiro atoms. The van der Waals surface area contributed by atoms with Crippen molar-refractivity contribution in [3.63, 3.8) is 0 Å². The van der Waals surface area contributed by atoms with E-state index < -0.39 is 0 Å². The lowest BCUT2D eigenvalue weighted by atomic mass is 10.1. The quantitative estimate of drug-likeness (QED) is 0.719. The van der Waals surface area contributed by atoms with Gasteiger partial charge in [-0.2, -0.15) is 5.26 Å². The van der Waals surface area contributed by atoms with Gasteiger partial charge >= 0.3 is 0 Å². The Morgan fingerprint density at radius 1 is 1.58 bits per heavy atom. The minimum absolute atomic E-state index is 0.411. The Morgan fingerprint density at radius 3 is 2.75 bits per heavy atom. The van der Waals surface area contributed by atoms with Gasteiger partial charge in [-0.3, -0.25) is 0 Å². The lowest BCUT2D eigenvalue weighted by molar-refractivity contribution is 1.07. The second-order valence-corrected chi connectivity index (χ2v) is 2.97. The molecule has 0 bridgehead atoms. The van der Waals surface area contributed by atoms with Crippen LogP contribution in [-0.2, 0) is 6.54 Å². The smallest absolute Gasteiger partial charge is 0.0995 e. The Balaban J connectivity index is 3.31. The second-order valence-electron chi connectivity index (χ2n) is 2.57. The third-order valence-electron chi connectivity index (χ3n) is 1.76. The topological polar surface area (TPSA) is 49.8 Å². The summed E-state index contributed by atoms with van der Waals surface area (Å²) in [4.78, 5) is 0. The van der Waals surface area contributed by atoms with Crippen LogP contribution in [0.15, 0.2) is 12.1 Å². The zero-order valence-electron chi connectivity index (χ0n) is 6.76. The van der Waals surface area contributed by atoms with Crippen LogP contribution in [0, 0.1) is 18.3 Å². The van der Waals surface area contributed by atoms with Crippen molar-refractivity contribution < 1.29 is 0 Å². The standard InChI is InChI=1S/C9H9ClN2/c1-6-8(5-12)2-7(4-11)3-9(6)10/h2-3H,4,11H2,1H3. The van der Waals surface area contributed by atoms with Crippen molar-refractivity contribution in [2.75, 3.05) is 0 Å².